The first-order chi connectivity index (χ1) is 7.40. The van der Waals surface area contributed by atoms with Gasteiger partial charge in [-0.05, 0) is 17.0 Å². The highest BCUT2D eigenvalue weighted by Crippen LogP contribution is 2.34. The number of hydrogen-bond acceptors (Lipinski definition) is 3. The van der Waals surface area contributed by atoms with Crippen LogP contribution < -0.4 is 10.2 Å². The maximum absolute atomic E-state index is 8.78. The van der Waals surface area contributed by atoms with Crippen LogP contribution in [0.1, 0.15) is 31.9 Å². The van der Waals surface area contributed by atoms with Crippen LogP contribution in [0.2, 0.25) is 5.02 Å². The summed E-state index contributed by atoms with van der Waals surface area (Å²) in [4.78, 5) is 0. The molecule has 1 aromatic rings. The van der Waals surface area contributed by atoms with Gasteiger partial charge in [-0.15, -0.1) is 0 Å². The lowest BCUT2D eigenvalue weighted by molar-refractivity contribution is 0.160. The van der Waals surface area contributed by atoms with Crippen molar-refractivity contribution in [1.82, 2.24) is 5.48 Å². The van der Waals surface area contributed by atoms with E-state index in [1.807, 2.05) is 12.1 Å². The zero-order valence-electron chi connectivity index (χ0n) is 10.1. The van der Waals surface area contributed by atoms with Crippen LogP contribution in [0.15, 0.2) is 12.1 Å². The van der Waals surface area contributed by atoms with E-state index in [4.69, 9.17) is 21.5 Å². The first kappa shape index (κ1) is 13.3. The SMILES string of the molecule is COc1c(Cl)cc(C(C)(C)C)cc1CNO. The molecule has 0 fully saturated rings. The van der Waals surface area contributed by atoms with Crippen molar-refractivity contribution in [3.05, 3.63) is 28.3 Å². The van der Waals surface area contributed by atoms with Gasteiger partial charge in [-0.25, -0.2) is 5.48 Å². The quantitative estimate of drug-likeness (QED) is 0.802. The smallest absolute Gasteiger partial charge is 0.142 e. The Morgan fingerprint density at radius 3 is 2.44 bits per heavy atom. The van der Waals surface area contributed by atoms with Gasteiger partial charge in [-0.2, -0.15) is 0 Å². The molecule has 0 heterocycles. The third-order valence-corrected chi connectivity index (χ3v) is 2.74. The maximum Gasteiger partial charge on any atom is 0.142 e. The van der Waals surface area contributed by atoms with E-state index in [1.54, 1.807) is 7.11 Å². The predicted octanol–water partition coefficient (Wildman–Crippen LogP) is 3.12. The minimum atomic E-state index is 0.0140. The summed E-state index contributed by atoms with van der Waals surface area (Å²) in [5, 5.41) is 9.35. The van der Waals surface area contributed by atoms with Gasteiger partial charge in [0, 0.05) is 12.1 Å². The number of nitrogens with one attached hydrogen (secondary N) is 1. The van der Waals surface area contributed by atoms with Crippen molar-refractivity contribution in [2.45, 2.75) is 32.7 Å². The van der Waals surface area contributed by atoms with Gasteiger partial charge in [-0.3, -0.25) is 0 Å². The number of hydroxylamine groups is 1. The van der Waals surface area contributed by atoms with Crippen LogP contribution in [-0.2, 0) is 12.0 Å². The Labute approximate surface area is 101 Å². The fraction of sp³-hybridized carbons (Fsp3) is 0.500. The standard InChI is InChI=1S/C12H18ClNO2/c1-12(2,3)9-5-8(7-14-15)11(16-4)10(13)6-9/h5-6,14-15H,7H2,1-4H3. The lowest BCUT2D eigenvalue weighted by atomic mass is 9.86. The molecule has 0 amide bonds. The molecular weight excluding hydrogens is 226 g/mol. The van der Waals surface area contributed by atoms with Crippen LogP contribution in [0.3, 0.4) is 0 Å². The van der Waals surface area contributed by atoms with E-state index < -0.39 is 0 Å². The molecule has 16 heavy (non-hydrogen) atoms. The van der Waals surface area contributed by atoms with Gasteiger partial charge >= 0.3 is 0 Å². The van der Waals surface area contributed by atoms with E-state index in [1.165, 1.54) is 0 Å². The lowest BCUT2D eigenvalue weighted by Crippen LogP contribution is -2.14. The third kappa shape index (κ3) is 2.88. The van der Waals surface area contributed by atoms with Crippen molar-refractivity contribution in [1.29, 1.82) is 0 Å². The van der Waals surface area contributed by atoms with Crippen molar-refractivity contribution < 1.29 is 9.94 Å². The maximum atomic E-state index is 8.78. The highest BCUT2D eigenvalue weighted by molar-refractivity contribution is 6.32. The Kier molecular flexibility index (Phi) is 4.19. The molecule has 0 spiro atoms. The second kappa shape index (κ2) is 5.04. The average Bonchev–Trinajstić information content (AvgIpc) is 2.16. The van der Waals surface area contributed by atoms with Crippen LogP contribution in [-0.4, -0.2) is 12.3 Å². The van der Waals surface area contributed by atoms with Crippen molar-refractivity contribution in [2.75, 3.05) is 7.11 Å². The number of ether oxygens (including phenoxy) is 1. The summed E-state index contributed by atoms with van der Waals surface area (Å²) in [7, 11) is 1.57. The molecule has 0 unspecified atom stereocenters. The Balaban J connectivity index is 3.28. The van der Waals surface area contributed by atoms with E-state index in [2.05, 4.69) is 26.3 Å². The summed E-state index contributed by atoms with van der Waals surface area (Å²) in [6.45, 7) is 6.65. The second-order valence-corrected chi connectivity index (χ2v) is 5.14. The molecule has 0 bridgehead atoms. The van der Waals surface area contributed by atoms with Crippen LogP contribution in [0.5, 0.6) is 5.75 Å². The molecule has 3 nitrogen and oxygen atoms in total. The first-order valence-corrected chi connectivity index (χ1v) is 5.51. The monoisotopic (exact) mass is 243 g/mol. The summed E-state index contributed by atoms with van der Waals surface area (Å²) in [5.74, 6) is 0.608. The average molecular weight is 244 g/mol. The summed E-state index contributed by atoms with van der Waals surface area (Å²) in [6.07, 6.45) is 0. The molecule has 0 aromatic heterocycles. The Morgan fingerprint density at radius 2 is 2.00 bits per heavy atom. The number of halogens is 1. The summed E-state index contributed by atoms with van der Waals surface area (Å²) in [5.41, 5.74) is 4.10. The van der Waals surface area contributed by atoms with Crippen molar-refractivity contribution >= 4 is 11.6 Å². The number of benzene rings is 1. The molecule has 1 aromatic carbocycles. The highest BCUT2D eigenvalue weighted by atomic mass is 35.5. The van der Waals surface area contributed by atoms with Crippen molar-refractivity contribution in [3.8, 4) is 5.75 Å². The first-order valence-electron chi connectivity index (χ1n) is 5.14. The molecule has 0 aliphatic heterocycles. The molecule has 0 radical (unpaired) electrons. The van der Waals surface area contributed by atoms with Gasteiger partial charge in [0.1, 0.15) is 5.75 Å². The fourth-order valence-electron chi connectivity index (χ4n) is 1.53. The summed E-state index contributed by atoms with van der Waals surface area (Å²) < 4.78 is 5.21. The van der Waals surface area contributed by atoms with Gasteiger partial charge in [0.2, 0.25) is 0 Å². The molecule has 90 valence electrons. The third-order valence-electron chi connectivity index (χ3n) is 2.46. The number of methoxy groups -OCH3 is 1. The van der Waals surface area contributed by atoms with Crippen LogP contribution in [0, 0.1) is 0 Å². The van der Waals surface area contributed by atoms with Gasteiger partial charge < -0.3 is 9.94 Å². The van der Waals surface area contributed by atoms with Crippen molar-refractivity contribution in [3.63, 3.8) is 0 Å². The molecular formula is C12H18ClNO2. The zero-order chi connectivity index (χ0) is 12.3. The van der Waals surface area contributed by atoms with E-state index in [-0.39, 0.29) is 5.41 Å². The zero-order valence-corrected chi connectivity index (χ0v) is 10.9. The molecule has 0 aliphatic carbocycles. The topological polar surface area (TPSA) is 41.5 Å². The summed E-state index contributed by atoms with van der Waals surface area (Å²) >= 11 is 6.14. The van der Waals surface area contributed by atoms with Crippen molar-refractivity contribution in [2.24, 2.45) is 0 Å². The fourth-order valence-corrected chi connectivity index (χ4v) is 1.84. The highest BCUT2D eigenvalue weighted by Gasteiger charge is 2.18. The van der Waals surface area contributed by atoms with Gasteiger partial charge in [0.25, 0.3) is 0 Å². The second-order valence-electron chi connectivity index (χ2n) is 4.74. The van der Waals surface area contributed by atoms with E-state index in [0.717, 1.165) is 11.1 Å². The lowest BCUT2D eigenvalue weighted by Gasteiger charge is -2.22. The normalized spacial score (nSPS) is 11.6. The van der Waals surface area contributed by atoms with E-state index in [9.17, 15) is 0 Å². The van der Waals surface area contributed by atoms with Gasteiger partial charge in [0.05, 0.1) is 12.1 Å². The minimum absolute atomic E-state index is 0.0140. The molecule has 1 rings (SSSR count). The number of rotatable bonds is 3. The van der Waals surface area contributed by atoms with Gasteiger partial charge in [-0.1, -0.05) is 38.4 Å². The Morgan fingerprint density at radius 1 is 1.38 bits per heavy atom. The van der Waals surface area contributed by atoms with Gasteiger partial charge in [0.15, 0.2) is 0 Å². The van der Waals surface area contributed by atoms with E-state index in [0.29, 0.717) is 17.3 Å². The van der Waals surface area contributed by atoms with Crippen LogP contribution in [0.25, 0.3) is 0 Å². The Bertz CT molecular complexity index is 372. The predicted molar refractivity (Wildman–Crippen MR) is 65.3 cm³/mol. The van der Waals surface area contributed by atoms with E-state index >= 15 is 0 Å². The number of hydrogen-bond donors (Lipinski definition) is 2. The molecule has 4 heteroatoms. The molecule has 0 atom stereocenters. The molecule has 0 aliphatic rings. The minimum Gasteiger partial charge on any atom is -0.495 e. The van der Waals surface area contributed by atoms with Crippen LogP contribution >= 0.6 is 11.6 Å². The summed E-state index contributed by atoms with van der Waals surface area (Å²) in [6, 6.07) is 3.90. The molecule has 0 saturated carbocycles. The molecule has 2 N–H and O–H groups in total. The molecule has 0 saturated heterocycles. The Hall–Kier alpha value is -0.770. The largest absolute Gasteiger partial charge is 0.495 e. The van der Waals surface area contributed by atoms with Crippen LogP contribution in [0.4, 0.5) is 0 Å².